The van der Waals surface area contributed by atoms with Crippen LogP contribution in [-0.2, 0) is 4.79 Å². The first-order valence-electron chi connectivity index (χ1n) is 6.99. The molecule has 2 atom stereocenters. The lowest BCUT2D eigenvalue weighted by atomic mass is 10.3. The fourth-order valence-corrected chi connectivity index (χ4v) is 4.25. The van der Waals surface area contributed by atoms with E-state index in [0.717, 1.165) is 20.8 Å². The zero-order chi connectivity index (χ0) is 15.9. The number of aromatic nitrogens is 1. The molecule has 22 heavy (non-hydrogen) atoms. The summed E-state index contributed by atoms with van der Waals surface area (Å²) in [5.74, 6) is 0.732. The Balaban J connectivity index is 1.88. The van der Waals surface area contributed by atoms with Crippen LogP contribution in [0.25, 0.3) is 0 Å². The molecule has 116 valence electrons. The number of rotatable bonds is 4. The number of aliphatic hydroxyl groups excluding tert-OH is 1. The summed E-state index contributed by atoms with van der Waals surface area (Å²) in [6.07, 6.45) is 1.72. The number of hydrogen-bond acceptors (Lipinski definition) is 6. The van der Waals surface area contributed by atoms with E-state index >= 15 is 0 Å². The molecule has 1 saturated carbocycles. The molecule has 1 N–H and O–H groups in total. The van der Waals surface area contributed by atoms with Crippen LogP contribution in [0.2, 0.25) is 0 Å². The van der Waals surface area contributed by atoms with Gasteiger partial charge in [0.1, 0.15) is 0 Å². The van der Waals surface area contributed by atoms with Gasteiger partial charge in [0.25, 0.3) is 0 Å². The number of halogens is 1. The predicted molar refractivity (Wildman–Crippen MR) is 91.4 cm³/mol. The number of Topliss-reactive ketones (excluding diaryl/α,β-unsaturated/α-hetero) is 1. The van der Waals surface area contributed by atoms with Crippen molar-refractivity contribution in [2.45, 2.75) is 25.1 Å². The highest BCUT2D eigenvalue weighted by atomic mass is 79.9. The van der Waals surface area contributed by atoms with Gasteiger partial charge in [0, 0.05) is 22.9 Å². The van der Waals surface area contributed by atoms with Gasteiger partial charge in [-0.1, -0.05) is 0 Å². The molecule has 7 heteroatoms. The fraction of sp³-hybridized carbons (Fsp3) is 0.400. The number of allylic oxidation sites excluding steroid dienone is 2. The SMILES string of the molecule is CC(=O)C1=C(C)N(CCO)C2C(=Nc3ccc(Br)cn3)C2S1. The molecule has 1 aliphatic heterocycles. The van der Waals surface area contributed by atoms with E-state index in [9.17, 15) is 9.90 Å². The van der Waals surface area contributed by atoms with Gasteiger partial charge >= 0.3 is 0 Å². The summed E-state index contributed by atoms with van der Waals surface area (Å²) in [5, 5.41) is 9.47. The molecule has 0 spiro atoms. The van der Waals surface area contributed by atoms with Crippen LogP contribution in [0, 0.1) is 0 Å². The predicted octanol–water partition coefficient (Wildman–Crippen LogP) is 2.53. The van der Waals surface area contributed by atoms with E-state index in [2.05, 4.69) is 30.8 Å². The van der Waals surface area contributed by atoms with Gasteiger partial charge < -0.3 is 10.0 Å². The first-order valence-corrected chi connectivity index (χ1v) is 8.66. The lowest BCUT2D eigenvalue weighted by Crippen LogP contribution is -2.33. The summed E-state index contributed by atoms with van der Waals surface area (Å²) in [7, 11) is 0. The van der Waals surface area contributed by atoms with Gasteiger partial charge in [-0.15, -0.1) is 11.8 Å². The Kier molecular flexibility index (Phi) is 4.38. The second kappa shape index (κ2) is 6.14. The van der Waals surface area contributed by atoms with Crippen molar-refractivity contribution in [3.05, 3.63) is 33.4 Å². The maximum atomic E-state index is 11.8. The number of fused-ring (bicyclic) bond motifs is 1. The van der Waals surface area contributed by atoms with E-state index in [1.54, 1.807) is 24.9 Å². The van der Waals surface area contributed by atoms with Crippen LogP contribution in [-0.4, -0.2) is 50.9 Å². The zero-order valence-electron chi connectivity index (χ0n) is 12.3. The average molecular weight is 382 g/mol. The van der Waals surface area contributed by atoms with Gasteiger partial charge in [0.05, 0.1) is 28.5 Å². The van der Waals surface area contributed by atoms with Crippen molar-refractivity contribution in [2.24, 2.45) is 4.99 Å². The van der Waals surface area contributed by atoms with E-state index in [1.165, 1.54) is 0 Å². The summed E-state index contributed by atoms with van der Waals surface area (Å²) >= 11 is 4.93. The van der Waals surface area contributed by atoms with Crippen LogP contribution in [0.3, 0.4) is 0 Å². The highest BCUT2D eigenvalue weighted by molar-refractivity contribution is 9.10. The summed E-state index contributed by atoms with van der Waals surface area (Å²) in [4.78, 5) is 23.5. The topological polar surface area (TPSA) is 65.8 Å². The molecule has 1 aromatic heterocycles. The summed E-state index contributed by atoms with van der Waals surface area (Å²) in [6, 6.07) is 3.92. The number of β-amino-alcohol motifs (C(OH)–C–C–N with tert-alkyl or cyclic N) is 1. The Morgan fingerprint density at radius 2 is 2.32 bits per heavy atom. The van der Waals surface area contributed by atoms with Crippen molar-refractivity contribution in [1.82, 2.24) is 9.88 Å². The van der Waals surface area contributed by atoms with Crippen molar-refractivity contribution < 1.29 is 9.90 Å². The van der Waals surface area contributed by atoms with Gasteiger partial charge in [0.2, 0.25) is 0 Å². The van der Waals surface area contributed by atoms with Crippen molar-refractivity contribution >= 4 is 45.0 Å². The number of hydrogen-bond donors (Lipinski definition) is 1. The highest BCUT2D eigenvalue weighted by Crippen LogP contribution is 2.48. The first-order chi connectivity index (χ1) is 10.5. The molecule has 0 radical (unpaired) electrons. The maximum absolute atomic E-state index is 11.8. The number of pyridine rings is 1. The van der Waals surface area contributed by atoms with E-state index < -0.39 is 0 Å². The molecule has 0 bridgehead atoms. The van der Waals surface area contributed by atoms with Crippen LogP contribution in [0.15, 0.2) is 38.4 Å². The van der Waals surface area contributed by atoms with Crippen LogP contribution in [0.4, 0.5) is 5.82 Å². The van der Waals surface area contributed by atoms with E-state index in [0.29, 0.717) is 12.4 Å². The molecule has 0 amide bonds. The molecule has 3 rings (SSSR count). The number of thioether (sulfide) groups is 1. The molecule has 5 nitrogen and oxygen atoms in total. The highest BCUT2D eigenvalue weighted by Gasteiger charge is 2.55. The number of aliphatic hydroxyl groups is 1. The van der Waals surface area contributed by atoms with Crippen LogP contribution in [0.1, 0.15) is 13.8 Å². The quantitative estimate of drug-likeness (QED) is 0.867. The average Bonchev–Trinajstić information content (AvgIpc) is 3.16. The minimum Gasteiger partial charge on any atom is -0.395 e. The molecule has 0 aromatic carbocycles. The standard InChI is InChI=1S/C15H16BrN3O2S/c1-8-14(9(2)21)22-15-12(13(15)19(8)5-6-20)18-11-4-3-10(16)7-17-11/h3-4,7,13,15,20H,5-6H2,1-2H3. The molecule has 1 aromatic rings. The van der Waals surface area contributed by atoms with Gasteiger partial charge in [-0.05, 0) is 41.9 Å². The second-order valence-corrected chi connectivity index (χ2v) is 7.31. The fourth-order valence-electron chi connectivity index (χ4n) is 2.66. The minimum atomic E-state index is 0.0558. The Bertz CT molecular complexity index is 672. The molecule has 2 heterocycles. The van der Waals surface area contributed by atoms with E-state index in [4.69, 9.17) is 0 Å². The van der Waals surface area contributed by atoms with Crippen molar-refractivity contribution in [2.75, 3.05) is 13.2 Å². The molecule has 1 aliphatic carbocycles. The molecular weight excluding hydrogens is 366 g/mol. The number of ketones is 1. The van der Waals surface area contributed by atoms with Crippen LogP contribution in [0.5, 0.6) is 0 Å². The third kappa shape index (κ3) is 2.85. The minimum absolute atomic E-state index is 0.0558. The van der Waals surface area contributed by atoms with Gasteiger partial charge in [0.15, 0.2) is 11.6 Å². The number of carbonyl (C=O) groups excluding carboxylic acids is 1. The molecular formula is C15H16BrN3O2S. The second-order valence-electron chi connectivity index (χ2n) is 5.24. The third-order valence-electron chi connectivity index (χ3n) is 3.73. The Morgan fingerprint density at radius 3 is 2.91 bits per heavy atom. The number of aliphatic imine (C=N–C) groups is 1. The summed E-state index contributed by atoms with van der Waals surface area (Å²) in [6.45, 7) is 4.08. The van der Waals surface area contributed by atoms with Crippen molar-refractivity contribution in [3.63, 3.8) is 0 Å². The Labute approximate surface area is 141 Å². The summed E-state index contributed by atoms with van der Waals surface area (Å²) in [5.41, 5.74) is 1.95. The third-order valence-corrected chi connectivity index (χ3v) is 5.77. The lowest BCUT2D eigenvalue weighted by molar-refractivity contribution is -0.113. The van der Waals surface area contributed by atoms with Crippen LogP contribution >= 0.6 is 27.7 Å². The van der Waals surface area contributed by atoms with Crippen molar-refractivity contribution in [3.8, 4) is 0 Å². The molecule has 1 fully saturated rings. The smallest absolute Gasteiger partial charge is 0.167 e. The van der Waals surface area contributed by atoms with Crippen molar-refractivity contribution in [1.29, 1.82) is 0 Å². The van der Waals surface area contributed by atoms with Gasteiger partial charge in [-0.3, -0.25) is 4.79 Å². The Hall–Kier alpha value is -1.18. The van der Waals surface area contributed by atoms with E-state index in [-0.39, 0.29) is 23.7 Å². The van der Waals surface area contributed by atoms with Gasteiger partial charge in [-0.2, -0.15) is 0 Å². The number of nitrogens with zero attached hydrogens (tertiary/aromatic N) is 3. The molecule has 2 unspecified atom stereocenters. The Morgan fingerprint density at radius 1 is 1.55 bits per heavy atom. The zero-order valence-corrected chi connectivity index (χ0v) is 14.7. The molecule has 2 aliphatic rings. The van der Waals surface area contributed by atoms with Crippen LogP contribution < -0.4 is 0 Å². The summed E-state index contributed by atoms with van der Waals surface area (Å²) < 4.78 is 0.914. The first kappa shape index (κ1) is 15.7. The normalized spacial score (nSPS) is 25.5. The van der Waals surface area contributed by atoms with E-state index in [1.807, 2.05) is 19.1 Å². The maximum Gasteiger partial charge on any atom is 0.167 e. The number of carbonyl (C=O) groups is 1. The monoisotopic (exact) mass is 381 g/mol. The largest absolute Gasteiger partial charge is 0.395 e. The van der Waals surface area contributed by atoms with Gasteiger partial charge in [-0.25, -0.2) is 9.98 Å². The molecule has 0 saturated heterocycles. The lowest BCUT2D eigenvalue weighted by Gasteiger charge is -2.29.